The van der Waals surface area contributed by atoms with E-state index in [1.165, 1.54) is 40.4 Å². The first-order valence-corrected chi connectivity index (χ1v) is 6.45. The fourth-order valence-corrected chi connectivity index (χ4v) is 3.39. The highest BCUT2D eigenvalue weighted by Gasteiger charge is 2.16. The van der Waals surface area contributed by atoms with Crippen LogP contribution in [0.5, 0.6) is 0 Å². The standard InChI is InChI=1S/C13H14N2S/c14-10-4-1-3-9(7-10)8-13-15-11-5-2-6-12(11)16-13/h1,3-4,7H,2,5-6,8,14H2. The van der Waals surface area contributed by atoms with Gasteiger partial charge in [-0.3, -0.25) is 0 Å². The summed E-state index contributed by atoms with van der Waals surface area (Å²) in [7, 11) is 0. The second-order valence-electron chi connectivity index (χ2n) is 4.25. The van der Waals surface area contributed by atoms with Gasteiger partial charge in [0, 0.05) is 17.0 Å². The third-order valence-electron chi connectivity index (χ3n) is 2.95. The fourth-order valence-electron chi connectivity index (χ4n) is 2.20. The quantitative estimate of drug-likeness (QED) is 0.806. The van der Waals surface area contributed by atoms with Gasteiger partial charge >= 0.3 is 0 Å². The van der Waals surface area contributed by atoms with Crippen molar-refractivity contribution in [3.8, 4) is 0 Å². The Morgan fingerprint density at radius 3 is 3.06 bits per heavy atom. The second kappa shape index (κ2) is 3.91. The van der Waals surface area contributed by atoms with Crippen molar-refractivity contribution in [2.45, 2.75) is 25.7 Å². The number of rotatable bonds is 2. The van der Waals surface area contributed by atoms with Crippen molar-refractivity contribution in [2.75, 3.05) is 5.73 Å². The number of nitrogens with zero attached hydrogens (tertiary/aromatic N) is 1. The van der Waals surface area contributed by atoms with Gasteiger partial charge in [0.25, 0.3) is 0 Å². The molecule has 0 radical (unpaired) electrons. The maximum absolute atomic E-state index is 5.77. The molecule has 2 N–H and O–H groups in total. The summed E-state index contributed by atoms with van der Waals surface area (Å²) >= 11 is 1.87. The van der Waals surface area contributed by atoms with Gasteiger partial charge in [0.05, 0.1) is 10.7 Å². The van der Waals surface area contributed by atoms with Crippen molar-refractivity contribution in [3.05, 3.63) is 45.4 Å². The zero-order valence-corrected chi connectivity index (χ0v) is 9.89. The van der Waals surface area contributed by atoms with E-state index in [1.54, 1.807) is 0 Å². The lowest BCUT2D eigenvalue weighted by Gasteiger charge is -1.99. The molecule has 0 atom stereocenters. The Balaban J connectivity index is 1.83. The van der Waals surface area contributed by atoms with Crippen LogP contribution in [0.25, 0.3) is 0 Å². The van der Waals surface area contributed by atoms with Crippen LogP contribution in [0.4, 0.5) is 5.69 Å². The molecule has 1 aliphatic rings. The number of hydrogen-bond acceptors (Lipinski definition) is 3. The lowest BCUT2D eigenvalue weighted by atomic mass is 10.1. The second-order valence-corrected chi connectivity index (χ2v) is 5.42. The van der Waals surface area contributed by atoms with Crippen LogP contribution in [-0.2, 0) is 19.3 Å². The average molecular weight is 230 g/mol. The van der Waals surface area contributed by atoms with Gasteiger partial charge in [-0.05, 0) is 37.0 Å². The van der Waals surface area contributed by atoms with Crippen molar-refractivity contribution < 1.29 is 0 Å². The third kappa shape index (κ3) is 1.83. The van der Waals surface area contributed by atoms with Crippen LogP contribution >= 0.6 is 11.3 Å². The van der Waals surface area contributed by atoms with Gasteiger partial charge in [0.1, 0.15) is 0 Å². The van der Waals surface area contributed by atoms with E-state index in [0.29, 0.717) is 0 Å². The number of aryl methyl sites for hydroxylation is 2. The number of thiazole rings is 1. The summed E-state index contributed by atoms with van der Waals surface area (Å²) in [6, 6.07) is 8.08. The highest BCUT2D eigenvalue weighted by molar-refractivity contribution is 7.11. The summed E-state index contributed by atoms with van der Waals surface area (Å²) in [5.74, 6) is 0. The first-order valence-electron chi connectivity index (χ1n) is 5.63. The number of hydrogen-bond donors (Lipinski definition) is 1. The summed E-state index contributed by atoms with van der Waals surface area (Å²) in [5, 5.41) is 1.23. The first kappa shape index (κ1) is 9.85. The largest absolute Gasteiger partial charge is 0.399 e. The van der Waals surface area contributed by atoms with Gasteiger partial charge < -0.3 is 5.73 Å². The van der Waals surface area contributed by atoms with E-state index in [1.807, 2.05) is 29.5 Å². The van der Waals surface area contributed by atoms with Crippen LogP contribution in [0.2, 0.25) is 0 Å². The highest BCUT2D eigenvalue weighted by atomic mass is 32.1. The Kier molecular flexibility index (Phi) is 2.40. The van der Waals surface area contributed by atoms with E-state index >= 15 is 0 Å². The molecule has 16 heavy (non-hydrogen) atoms. The minimum absolute atomic E-state index is 0.835. The number of benzene rings is 1. The third-order valence-corrected chi connectivity index (χ3v) is 4.10. The Morgan fingerprint density at radius 1 is 1.31 bits per heavy atom. The molecule has 1 aromatic carbocycles. The maximum Gasteiger partial charge on any atom is 0.0974 e. The maximum atomic E-state index is 5.77. The summed E-state index contributed by atoms with van der Waals surface area (Å²) in [6.45, 7) is 0. The number of nitrogen functional groups attached to an aromatic ring is 1. The van der Waals surface area contributed by atoms with Crippen LogP contribution in [-0.4, -0.2) is 4.98 Å². The lowest BCUT2D eigenvalue weighted by molar-refractivity contribution is 0.893. The molecule has 1 heterocycles. The van der Waals surface area contributed by atoms with Crippen molar-refractivity contribution in [2.24, 2.45) is 0 Å². The molecule has 0 fully saturated rings. The molecule has 0 saturated heterocycles. The number of aromatic nitrogens is 1. The molecule has 2 nitrogen and oxygen atoms in total. The van der Waals surface area contributed by atoms with E-state index < -0.39 is 0 Å². The molecule has 0 bridgehead atoms. The molecular weight excluding hydrogens is 216 g/mol. The van der Waals surface area contributed by atoms with Gasteiger partial charge in [-0.2, -0.15) is 0 Å². The van der Waals surface area contributed by atoms with Crippen LogP contribution in [0, 0.1) is 0 Å². The molecule has 1 aromatic heterocycles. The van der Waals surface area contributed by atoms with E-state index in [2.05, 4.69) is 6.07 Å². The minimum Gasteiger partial charge on any atom is -0.399 e. The van der Waals surface area contributed by atoms with Gasteiger partial charge in [0.15, 0.2) is 0 Å². The minimum atomic E-state index is 0.835. The SMILES string of the molecule is Nc1cccc(Cc2nc3c(s2)CCC3)c1. The van der Waals surface area contributed by atoms with E-state index in [4.69, 9.17) is 10.7 Å². The predicted octanol–water partition coefficient (Wildman–Crippen LogP) is 2.80. The normalized spacial score (nSPS) is 14.0. The number of nitrogens with two attached hydrogens (primary N) is 1. The van der Waals surface area contributed by atoms with Crippen LogP contribution in [0.15, 0.2) is 24.3 Å². The van der Waals surface area contributed by atoms with Crippen molar-refractivity contribution in [3.63, 3.8) is 0 Å². The number of anilines is 1. The lowest BCUT2D eigenvalue weighted by Crippen LogP contribution is -1.91. The molecule has 3 heteroatoms. The molecule has 82 valence electrons. The fraction of sp³-hybridized carbons (Fsp3) is 0.308. The molecule has 3 rings (SSSR count). The van der Waals surface area contributed by atoms with Crippen LogP contribution < -0.4 is 5.73 Å². The average Bonchev–Trinajstić information content (AvgIpc) is 2.77. The van der Waals surface area contributed by atoms with Gasteiger partial charge in [0.2, 0.25) is 0 Å². The predicted molar refractivity (Wildman–Crippen MR) is 67.8 cm³/mol. The summed E-state index contributed by atoms with van der Waals surface area (Å²) in [4.78, 5) is 6.19. The van der Waals surface area contributed by atoms with Gasteiger partial charge in [-0.15, -0.1) is 11.3 Å². The summed E-state index contributed by atoms with van der Waals surface area (Å²) in [5.41, 5.74) is 9.20. The Labute approximate surface area is 99.1 Å². The Hall–Kier alpha value is -1.35. The highest BCUT2D eigenvalue weighted by Crippen LogP contribution is 2.28. The van der Waals surface area contributed by atoms with E-state index in [-0.39, 0.29) is 0 Å². The number of fused-ring (bicyclic) bond motifs is 1. The van der Waals surface area contributed by atoms with Crippen molar-refractivity contribution in [1.29, 1.82) is 0 Å². The van der Waals surface area contributed by atoms with E-state index in [9.17, 15) is 0 Å². The topological polar surface area (TPSA) is 38.9 Å². The molecule has 0 aliphatic heterocycles. The zero-order valence-electron chi connectivity index (χ0n) is 9.07. The smallest absolute Gasteiger partial charge is 0.0974 e. The Morgan fingerprint density at radius 2 is 2.25 bits per heavy atom. The molecule has 0 amide bonds. The van der Waals surface area contributed by atoms with Gasteiger partial charge in [-0.1, -0.05) is 12.1 Å². The molecule has 1 aliphatic carbocycles. The molecule has 2 aromatic rings. The molecular formula is C13H14N2S. The van der Waals surface area contributed by atoms with Crippen molar-refractivity contribution in [1.82, 2.24) is 4.98 Å². The van der Waals surface area contributed by atoms with Crippen molar-refractivity contribution >= 4 is 17.0 Å². The first-order chi connectivity index (χ1) is 7.81. The zero-order chi connectivity index (χ0) is 11.0. The van der Waals surface area contributed by atoms with Crippen LogP contribution in [0.1, 0.15) is 27.6 Å². The van der Waals surface area contributed by atoms with Crippen LogP contribution in [0.3, 0.4) is 0 Å². The van der Waals surface area contributed by atoms with Gasteiger partial charge in [-0.25, -0.2) is 4.98 Å². The summed E-state index contributed by atoms with van der Waals surface area (Å²) < 4.78 is 0. The summed E-state index contributed by atoms with van der Waals surface area (Å²) in [6.07, 6.45) is 4.60. The Bertz CT molecular complexity index is 495. The monoisotopic (exact) mass is 230 g/mol. The van der Waals surface area contributed by atoms with E-state index in [0.717, 1.165) is 12.1 Å². The molecule has 0 saturated carbocycles. The molecule has 0 unspecified atom stereocenters. The molecule has 0 spiro atoms.